The summed E-state index contributed by atoms with van der Waals surface area (Å²) in [6.45, 7) is 3.23. The number of hydrogen-bond donors (Lipinski definition) is 1. The molecule has 1 fully saturated rings. The Hall–Kier alpha value is -1.65. The van der Waals surface area contributed by atoms with Crippen molar-refractivity contribution >= 4 is 16.7 Å². The first kappa shape index (κ1) is 12.4. The molecule has 1 atom stereocenters. The highest BCUT2D eigenvalue weighted by Gasteiger charge is 2.19. The normalized spacial score (nSPS) is 21.6. The van der Waals surface area contributed by atoms with Gasteiger partial charge in [-0.2, -0.15) is 0 Å². The van der Waals surface area contributed by atoms with Crippen molar-refractivity contribution in [2.45, 2.75) is 6.10 Å². The second-order valence-corrected chi connectivity index (χ2v) is 5.22. The highest BCUT2D eigenvalue weighted by Crippen LogP contribution is 2.19. The number of aliphatic hydroxyl groups is 1. The summed E-state index contributed by atoms with van der Waals surface area (Å²) >= 11 is 0. The molecule has 19 heavy (non-hydrogen) atoms. The smallest absolute Gasteiger partial charge is 0.129 e. The van der Waals surface area contributed by atoms with E-state index in [9.17, 15) is 5.11 Å². The third kappa shape index (κ3) is 2.69. The van der Waals surface area contributed by atoms with E-state index < -0.39 is 0 Å². The Bertz CT molecular complexity index is 572. The number of aliphatic hydroxyl groups excluding tert-OH is 1. The number of likely N-dealkylation sites (N-methyl/N-ethyl adjacent to an activating group) is 1. The van der Waals surface area contributed by atoms with Crippen LogP contribution in [0.5, 0.6) is 0 Å². The minimum atomic E-state index is -0.319. The number of rotatable bonds is 1. The number of fused-ring (bicyclic) bond motifs is 1. The third-order valence-corrected chi connectivity index (χ3v) is 3.61. The van der Waals surface area contributed by atoms with Crippen LogP contribution < -0.4 is 4.90 Å². The van der Waals surface area contributed by atoms with Crippen molar-refractivity contribution in [1.82, 2.24) is 9.88 Å². The Kier molecular flexibility index (Phi) is 3.36. The lowest BCUT2D eigenvalue weighted by Gasteiger charge is -2.23. The molecule has 1 aromatic heterocycles. The standard InChI is InChI=1S/C15H19N3O/c1-17-8-9-18(11-13(19)10-17)15-7-6-12-4-2-3-5-14(12)16-15/h2-7,13,19H,8-11H2,1H3/t13-/m0/s1. The summed E-state index contributed by atoms with van der Waals surface area (Å²) in [5.41, 5.74) is 1.01. The van der Waals surface area contributed by atoms with Gasteiger partial charge in [0.2, 0.25) is 0 Å². The largest absolute Gasteiger partial charge is 0.390 e. The number of anilines is 1. The van der Waals surface area contributed by atoms with Crippen molar-refractivity contribution in [1.29, 1.82) is 0 Å². The summed E-state index contributed by atoms with van der Waals surface area (Å²) in [5, 5.41) is 11.1. The maximum atomic E-state index is 9.99. The van der Waals surface area contributed by atoms with Gasteiger partial charge in [-0.25, -0.2) is 4.98 Å². The monoisotopic (exact) mass is 257 g/mol. The SMILES string of the molecule is CN1CCN(c2ccc3ccccc3n2)C[C@@H](O)C1. The summed E-state index contributed by atoms with van der Waals surface area (Å²) in [6, 6.07) is 12.3. The molecule has 0 radical (unpaired) electrons. The van der Waals surface area contributed by atoms with Gasteiger partial charge in [0.05, 0.1) is 11.6 Å². The van der Waals surface area contributed by atoms with E-state index in [1.165, 1.54) is 0 Å². The van der Waals surface area contributed by atoms with Gasteiger partial charge in [0.15, 0.2) is 0 Å². The zero-order valence-electron chi connectivity index (χ0n) is 11.2. The molecule has 0 bridgehead atoms. The summed E-state index contributed by atoms with van der Waals surface area (Å²) < 4.78 is 0. The zero-order chi connectivity index (χ0) is 13.2. The van der Waals surface area contributed by atoms with Crippen LogP contribution in [0.15, 0.2) is 36.4 Å². The Morgan fingerprint density at radius 2 is 1.95 bits per heavy atom. The minimum Gasteiger partial charge on any atom is -0.390 e. The molecule has 100 valence electrons. The fourth-order valence-corrected chi connectivity index (χ4v) is 2.59. The topological polar surface area (TPSA) is 39.6 Å². The number of aromatic nitrogens is 1. The maximum absolute atomic E-state index is 9.99. The fourth-order valence-electron chi connectivity index (χ4n) is 2.59. The first-order valence-electron chi connectivity index (χ1n) is 6.70. The van der Waals surface area contributed by atoms with Crippen LogP contribution in [0.2, 0.25) is 0 Å². The molecule has 0 spiro atoms. The van der Waals surface area contributed by atoms with Crippen LogP contribution in [0, 0.1) is 0 Å². The summed E-state index contributed by atoms with van der Waals surface area (Å²) in [7, 11) is 2.04. The molecule has 1 saturated heterocycles. The minimum absolute atomic E-state index is 0.319. The number of pyridine rings is 1. The molecule has 1 aromatic carbocycles. The highest BCUT2D eigenvalue weighted by atomic mass is 16.3. The molecule has 3 rings (SSSR count). The van der Waals surface area contributed by atoms with Crippen LogP contribution in [0.25, 0.3) is 10.9 Å². The lowest BCUT2D eigenvalue weighted by atomic mass is 10.2. The molecule has 0 aliphatic carbocycles. The number of nitrogens with zero attached hydrogens (tertiary/aromatic N) is 3. The number of β-amino-alcohol motifs (C(OH)–C–C–N with tert-alkyl or cyclic N) is 1. The average Bonchev–Trinajstić information content (AvgIpc) is 2.59. The number of para-hydroxylation sites is 1. The summed E-state index contributed by atoms with van der Waals surface area (Å²) in [4.78, 5) is 9.02. The summed E-state index contributed by atoms with van der Waals surface area (Å²) in [6.07, 6.45) is -0.319. The maximum Gasteiger partial charge on any atom is 0.129 e. The van der Waals surface area contributed by atoms with E-state index in [0.29, 0.717) is 6.54 Å². The van der Waals surface area contributed by atoms with E-state index >= 15 is 0 Å². The Balaban J connectivity index is 1.90. The second-order valence-electron chi connectivity index (χ2n) is 5.22. The third-order valence-electron chi connectivity index (χ3n) is 3.61. The molecule has 0 saturated carbocycles. The van der Waals surface area contributed by atoms with Crippen LogP contribution in [0.4, 0.5) is 5.82 Å². The Labute approximate surface area is 113 Å². The van der Waals surface area contributed by atoms with Crippen LogP contribution in [0.1, 0.15) is 0 Å². The Morgan fingerprint density at radius 3 is 2.84 bits per heavy atom. The molecule has 2 heterocycles. The lowest BCUT2D eigenvalue weighted by Crippen LogP contribution is -2.33. The molecule has 4 heteroatoms. The number of benzene rings is 1. The number of hydrogen-bond acceptors (Lipinski definition) is 4. The molecule has 1 N–H and O–H groups in total. The van der Waals surface area contributed by atoms with E-state index in [2.05, 4.69) is 21.9 Å². The van der Waals surface area contributed by atoms with Crippen LogP contribution >= 0.6 is 0 Å². The highest BCUT2D eigenvalue weighted by molar-refractivity contribution is 5.80. The van der Waals surface area contributed by atoms with Gasteiger partial charge >= 0.3 is 0 Å². The van der Waals surface area contributed by atoms with Crippen molar-refractivity contribution in [3.8, 4) is 0 Å². The Morgan fingerprint density at radius 1 is 1.11 bits per heavy atom. The van der Waals surface area contributed by atoms with Crippen molar-refractivity contribution in [2.75, 3.05) is 38.1 Å². The second kappa shape index (κ2) is 5.15. The first-order valence-corrected chi connectivity index (χ1v) is 6.70. The predicted molar refractivity (Wildman–Crippen MR) is 77.5 cm³/mol. The summed E-state index contributed by atoms with van der Waals surface area (Å²) in [5.74, 6) is 0.952. The molecule has 4 nitrogen and oxygen atoms in total. The van der Waals surface area contributed by atoms with Crippen molar-refractivity contribution in [3.63, 3.8) is 0 Å². The van der Waals surface area contributed by atoms with Crippen molar-refractivity contribution in [3.05, 3.63) is 36.4 Å². The van der Waals surface area contributed by atoms with Gasteiger partial charge in [-0.3, -0.25) is 0 Å². The molecular formula is C15H19N3O. The fraction of sp³-hybridized carbons (Fsp3) is 0.400. The molecule has 1 aliphatic heterocycles. The quantitative estimate of drug-likeness (QED) is 0.837. The predicted octanol–water partition coefficient (Wildman–Crippen LogP) is 1.35. The van der Waals surface area contributed by atoms with Gasteiger partial charge in [-0.1, -0.05) is 18.2 Å². The van der Waals surface area contributed by atoms with Crippen LogP contribution in [0.3, 0.4) is 0 Å². The van der Waals surface area contributed by atoms with Crippen molar-refractivity contribution in [2.24, 2.45) is 0 Å². The van der Waals surface area contributed by atoms with E-state index in [1.54, 1.807) is 0 Å². The zero-order valence-corrected chi connectivity index (χ0v) is 11.2. The molecule has 2 aromatic rings. The molecule has 1 aliphatic rings. The first-order chi connectivity index (χ1) is 9.22. The molecule has 0 unspecified atom stereocenters. The van der Waals surface area contributed by atoms with Gasteiger partial charge < -0.3 is 14.9 Å². The average molecular weight is 257 g/mol. The molecular weight excluding hydrogens is 238 g/mol. The lowest BCUT2D eigenvalue weighted by molar-refractivity contribution is 0.145. The van der Waals surface area contributed by atoms with Gasteiger partial charge in [0, 0.05) is 31.6 Å². The van der Waals surface area contributed by atoms with Gasteiger partial charge in [0.1, 0.15) is 5.82 Å². The van der Waals surface area contributed by atoms with E-state index in [0.717, 1.165) is 36.4 Å². The van der Waals surface area contributed by atoms with Crippen LogP contribution in [-0.2, 0) is 0 Å². The van der Waals surface area contributed by atoms with E-state index in [-0.39, 0.29) is 6.10 Å². The molecule has 0 amide bonds. The van der Waals surface area contributed by atoms with E-state index in [1.807, 2.05) is 31.3 Å². The van der Waals surface area contributed by atoms with Gasteiger partial charge in [-0.15, -0.1) is 0 Å². The van der Waals surface area contributed by atoms with Gasteiger partial charge in [-0.05, 0) is 25.2 Å². The van der Waals surface area contributed by atoms with E-state index in [4.69, 9.17) is 4.98 Å². The van der Waals surface area contributed by atoms with Crippen molar-refractivity contribution < 1.29 is 5.11 Å². The van der Waals surface area contributed by atoms with Gasteiger partial charge in [0.25, 0.3) is 0 Å². The van der Waals surface area contributed by atoms with Crippen LogP contribution in [-0.4, -0.2) is 54.3 Å².